The summed E-state index contributed by atoms with van der Waals surface area (Å²) in [6.07, 6.45) is 3.65. The zero-order valence-corrected chi connectivity index (χ0v) is 9.26. The number of hydrogen-bond acceptors (Lipinski definition) is 3. The molecule has 0 bridgehead atoms. The summed E-state index contributed by atoms with van der Waals surface area (Å²) in [6.45, 7) is 1.15. The molecular formula is C8H12ClN3OS. The largest absolute Gasteiger partial charge is 0.355 e. The number of aromatic nitrogens is 2. The van der Waals surface area contributed by atoms with Gasteiger partial charge in [-0.2, -0.15) is 17.7 Å². The number of carbonyl (C=O) groups is 1. The van der Waals surface area contributed by atoms with Crippen molar-refractivity contribution in [3.63, 3.8) is 0 Å². The van der Waals surface area contributed by atoms with Gasteiger partial charge in [-0.05, 0) is 0 Å². The van der Waals surface area contributed by atoms with Crippen LogP contribution in [0, 0.1) is 0 Å². The highest BCUT2D eigenvalue weighted by Gasteiger charge is 2.01. The fourth-order valence-electron chi connectivity index (χ4n) is 0.960. The predicted molar refractivity (Wildman–Crippen MR) is 58.7 cm³/mol. The van der Waals surface area contributed by atoms with Gasteiger partial charge in [0.25, 0.3) is 0 Å². The standard InChI is InChI=1S/C8H12ClN3OS/c9-7-5-11-12(6-7)3-1-8(13)10-2-4-14/h5-6,14H,1-4H2,(H,10,13). The first-order chi connectivity index (χ1) is 6.72. The molecule has 14 heavy (non-hydrogen) atoms. The molecule has 0 spiro atoms. The number of halogens is 1. The van der Waals surface area contributed by atoms with Crippen LogP contribution < -0.4 is 5.32 Å². The average molecular weight is 234 g/mol. The third kappa shape index (κ3) is 4.02. The predicted octanol–water partition coefficient (Wildman–Crippen LogP) is 0.973. The van der Waals surface area contributed by atoms with Crippen LogP contribution in [-0.4, -0.2) is 28.0 Å². The smallest absolute Gasteiger partial charge is 0.221 e. The molecule has 6 heteroatoms. The van der Waals surface area contributed by atoms with E-state index >= 15 is 0 Å². The Labute approximate surface area is 93.0 Å². The lowest BCUT2D eigenvalue weighted by atomic mass is 10.4. The number of rotatable bonds is 5. The Morgan fingerprint density at radius 3 is 3.07 bits per heavy atom. The number of carbonyl (C=O) groups excluding carboxylic acids is 1. The molecule has 0 aliphatic carbocycles. The molecule has 78 valence electrons. The van der Waals surface area contributed by atoms with E-state index in [2.05, 4.69) is 23.0 Å². The number of nitrogens with one attached hydrogen (secondary N) is 1. The van der Waals surface area contributed by atoms with Crippen LogP contribution in [0.15, 0.2) is 12.4 Å². The van der Waals surface area contributed by atoms with Crippen molar-refractivity contribution < 1.29 is 4.79 Å². The molecule has 0 saturated heterocycles. The molecule has 1 aromatic rings. The van der Waals surface area contributed by atoms with Gasteiger partial charge in [-0.3, -0.25) is 9.48 Å². The van der Waals surface area contributed by atoms with Gasteiger partial charge in [-0.25, -0.2) is 0 Å². The van der Waals surface area contributed by atoms with E-state index in [1.807, 2.05) is 0 Å². The molecule has 0 fully saturated rings. The Bertz CT molecular complexity index is 303. The van der Waals surface area contributed by atoms with Crippen LogP contribution in [0.25, 0.3) is 0 Å². The van der Waals surface area contributed by atoms with Crippen molar-refractivity contribution >= 4 is 30.1 Å². The van der Waals surface area contributed by atoms with Crippen LogP contribution in [0.4, 0.5) is 0 Å². The van der Waals surface area contributed by atoms with Crippen molar-refractivity contribution in [3.05, 3.63) is 17.4 Å². The summed E-state index contributed by atoms with van der Waals surface area (Å²) in [7, 11) is 0. The SMILES string of the molecule is O=C(CCn1cc(Cl)cn1)NCCS. The van der Waals surface area contributed by atoms with Crippen molar-refractivity contribution in [3.8, 4) is 0 Å². The van der Waals surface area contributed by atoms with Gasteiger partial charge in [-0.15, -0.1) is 0 Å². The lowest BCUT2D eigenvalue weighted by molar-refractivity contribution is -0.121. The summed E-state index contributed by atoms with van der Waals surface area (Å²) in [6, 6.07) is 0. The number of aryl methyl sites for hydroxylation is 1. The van der Waals surface area contributed by atoms with Crippen LogP contribution in [0.3, 0.4) is 0 Å². The van der Waals surface area contributed by atoms with E-state index in [0.717, 1.165) is 0 Å². The summed E-state index contributed by atoms with van der Waals surface area (Å²) in [5, 5.41) is 7.26. The average Bonchev–Trinajstić information content (AvgIpc) is 2.58. The first kappa shape index (κ1) is 11.4. The monoisotopic (exact) mass is 233 g/mol. The van der Waals surface area contributed by atoms with Crippen LogP contribution in [0.5, 0.6) is 0 Å². The first-order valence-corrected chi connectivity index (χ1v) is 5.29. The molecule has 1 rings (SSSR count). The molecule has 0 aromatic carbocycles. The molecule has 0 unspecified atom stereocenters. The van der Waals surface area contributed by atoms with Crippen LogP contribution in [0.2, 0.25) is 5.02 Å². The molecule has 0 saturated carbocycles. The highest BCUT2D eigenvalue weighted by Crippen LogP contribution is 2.04. The zero-order chi connectivity index (χ0) is 10.4. The van der Waals surface area contributed by atoms with Crippen LogP contribution in [0.1, 0.15) is 6.42 Å². The van der Waals surface area contributed by atoms with Gasteiger partial charge in [0.1, 0.15) is 0 Å². The lowest BCUT2D eigenvalue weighted by Gasteiger charge is -2.02. The fraction of sp³-hybridized carbons (Fsp3) is 0.500. The quantitative estimate of drug-likeness (QED) is 0.745. The van der Waals surface area contributed by atoms with Gasteiger partial charge in [0.15, 0.2) is 0 Å². The Kier molecular flexibility index (Phi) is 4.82. The minimum absolute atomic E-state index is 0.00525. The van der Waals surface area contributed by atoms with Crippen molar-refractivity contribution in [1.29, 1.82) is 0 Å². The van der Waals surface area contributed by atoms with Crippen LogP contribution in [-0.2, 0) is 11.3 Å². The Morgan fingerprint density at radius 1 is 1.71 bits per heavy atom. The highest BCUT2D eigenvalue weighted by atomic mass is 35.5. The van der Waals surface area contributed by atoms with Gasteiger partial charge >= 0.3 is 0 Å². The van der Waals surface area contributed by atoms with Gasteiger partial charge in [0.2, 0.25) is 5.91 Å². The molecule has 1 amide bonds. The van der Waals surface area contributed by atoms with Crippen molar-refractivity contribution in [2.45, 2.75) is 13.0 Å². The summed E-state index contributed by atoms with van der Waals surface area (Å²) in [5.74, 6) is 0.657. The molecule has 0 radical (unpaired) electrons. The van der Waals surface area contributed by atoms with Crippen LogP contribution >= 0.6 is 24.2 Å². The van der Waals surface area contributed by atoms with Crippen molar-refractivity contribution in [2.75, 3.05) is 12.3 Å². The maximum atomic E-state index is 11.2. The van der Waals surface area contributed by atoms with Crippen molar-refractivity contribution in [2.24, 2.45) is 0 Å². The summed E-state index contributed by atoms with van der Waals surface area (Å²) in [5.41, 5.74) is 0. The third-order valence-corrected chi connectivity index (χ3v) is 2.02. The normalized spacial score (nSPS) is 10.1. The minimum Gasteiger partial charge on any atom is -0.355 e. The summed E-state index contributed by atoms with van der Waals surface area (Å²) in [4.78, 5) is 11.2. The number of hydrogen-bond donors (Lipinski definition) is 2. The van der Waals surface area contributed by atoms with E-state index in [1.165, 1.54) is 0 Å². The second-order valence-corrected chi connectivity index (χ2v) is 3.63. The Balaban J connectivity index is 2.23. The summed E-state index contributed by atoms with van der Waals surface area (Å²) >= 11 is 9.65. The van der Waals surface area contributed by atoms with E-state index in [-0.39, 0.29) is 5.91 Å². The third-order valence-electron chi connectivity index (χ3n) is 1.60. The van der Waals surface area contributed by atoms with Gasteiger partial charge in [0, 0.05) is 31.5 Å². The topological polar surface area (TPSA) is 46.9 Å². The summed E-state index contributed by atoms with van der Waals surface area (Å²) < 4.78 is 1.64. The molecular weight excluding hydrogens is 222 g/mol. The highest BCUT2D eigenvalue weighted by molar-refractivity contribution is 7.80. The second kappa shape index (κ2) is 5.93. The van der Waals surface area contributed by atoms with Crippen molar-refractivity contribution in [1.82, 2.24) is 15.1 Å². The molecule has 1 N–H and O–H groups in total. The molecule has 1 heterocycles. The second-order valence-electron chi connectivity index (χ2n) is 2.75. The zero-order valence-electron chi connectivity index (χ0n) is 7.61. The van der Waals surface area contributed by atoms with Gasteiger partial charge < -0.3 is 5.32 Å². The molecule has 0 atom stereocenters. The lowest BCUT2D eigenvalue weighted by Crippen LogP contribution is -2.26. The molecule has 1 aromatic heterocycles. The van der Waals surface area contributed by atoms with Gasteiger partial charge in [0.05, 0.1) is 11.2 Å². The molecule has 4 nitrogen and oxygen atoms in total. The van der Waals surface area contributed by atoms with E-state index in [9.17, 15) is 4.79 Å². The van der Waals surface area contributed by atoms with E-state index in [1.54, 1.807) is 17.1 Å². The number of thiol groups is 1. The fourth-order valence-corrected chi connectivity index (χ4v) is 1.23. The van der Waals surface area contributed by atoms with Gasteiger partial charge in [-0.1, -0.05) is 11.6 Å². The van der Waals surface area contributed by atoms with E-state index in [0.29, 0.717) is 30.3 Å². The first-order valence-electron chi connectivity index (χ1n) is 4.28. The Morgan fingerprint density at radius 2 is 2.50 bits per heavy atom. The Hall–Kier alpha value is -0.680. The number of nitrogens with zero attached hydrogens (tertiary/aromatic N) is 2. The maximum Gasteiger partial charge on any atom is 0.221 e. The minimum atomic E-state index is 0.00525. The maximum absolute atomic E-state index is 11.2. The molecule has 0 aliphatic rings. The van der Waals surface area contributed by atoms with E-state index in [4.69, 9.17) is 11.6 Å². The molecule has 0 aliphatic heterocycles. The van der Waals surface area contributed by atoms with E-state index < -0.39 is 0 Å². The number of amides is 1.